The third-order valence-electron chi connectivity index (χ3n) is 6.52. The van der Waals surface area contributed by atoms with Crippen molar-refractivity contribution in [2.75, 3.05) is 19.6 Å². The summed E-state index contributed by atoms with van der Waals surface area (Å²) < 4.78 is 6.01. The van der Waals surface area contributed by atoms with Crippen LogP contribution in [0.2, 0.25) is 0 Å². The Bertz CT molecular complexity index is 1210. The second-order valence-electron chi connectivity index (χ2n) is 9.86. The van der Waals surface area contributed by atoms with Crippen LogP contribution in [-0.4, -0.2) is 52.6 Å². The molecule has 1 fully saturated rings. The minimum atomic E-state index is -0.483. The van der Waals surface area contributed by atoms with Gasteiger partial charge < -0.3 is 15.0 Å². The van der Waals surface area contributed by atoms with E-state index in [0.717, 1.165) is 35.2 Å². The second-order valence-corrected chi connectivity index (χ2v) is 9.86. The first-order valence-corrected chi connectivity index (χ1v) is 12.4. The average molecular weight is 491 g/mol. The van der Waals surface area contributed by atoms with Gasteiger partial charge in [-0.25, -0.2) is 5.48 Å². The fraction of sp³-hybridized carbons (Fsp3) is 0.393. The molecule has 8 heteroatoms. The van der Waals surface area contributed by atoms with Gasteiger partial charge in [-0.15, -0.1) is 0 Å². The second kappa shape index (κ2) is 11.5. The van der Waals surface area contributed by atoms with E-state index in [9.17, 15) is 9.59 Å². The molecule has 2 atom stereocenters. The first kappa shape index (κ1) is 25.6. The van der Waals surface area contributed by atoms with Crippen molar-refractivity contribution in [2.24, 2.45) is 11.8 Å². The van der Waals surface area contributed by atoms with Crippen molar-refractivity contribution in [3.8, 4) is 5.75 Å². The van der Waals surface area contributed by atoms with Gasteiger partial charge in [-0.1, -0.05) is 32.0 Å². The summed E-state index contributed by atoms with van der Waals surface area (Å²) in [6, 6.07) is 16.6. The summed E-state index contributed by atoms with van der Waals surface area (Å²) in [5.41, 5.74) is 5.16. The summed E-state index contributed by atoms with van der Waals surface area (Å²) in [5, 5.41) is 13.2. The minimum Gasteiger partial charge on any atom is -0.489 e. The lowest BCUT2D eigenvalue weighted by atomic mass is 9.90. The Morgan fingerprint density at radius 1 is 1.17 bits per heavy atom. The van der Waals surface area contributed by atoms with Gasteiger partial charge in [-0.05, 0) is 62.2 Å². The number of amides is 2. The topological polar surface area (TPSA) is 104 Å². The fourth-order valence-electron chi connectivity index (χ4n) is 4.87. The summed E-state index contributed by atoms with van der Waals surface area (Å²) in [6.07, 6.45) is 0.569. The van der Waals surface area contributed by atoms with E-state index in [1.54, 1.807) is 29.7 Å². The Labute approximate surface area is 211 Å². The first-order valence-electron chi connectivity index (χ1n) is 12.4. The van der Waals surface area contributed by atoms with Gasteiger partial charge in [-0.2, -0.15) is 0 Å². The van der Waals surface area contributed by atoms with Crippen LogP contribution in [0.25, 0.3) is 10.9 Å². The maximum Gasteiger partial charge on any atom is 0.251 e. The molecule has 3 aromatic rings. The first-order chi connectivity index (χ1) is 17.3. The van der Waals surface area contributed by atoms with Crippen LogP contribution in [0.5, 0.6) is 5.75 Å². The van der Waals surface area contributed by atoms with Crippen molar-refractivity contribution in [3.05, 3.63) is 71.4 Å². The molecule has 0 aliphatic carbocycles. The number of nitrogens with one attached hydrogen (secondary N) is 2. The van der Waals surface area contributed by atoms with Crippen molar-refractivity contribution in [2.45, 2.75) is 39.8 Å². The Hall–Kier alpha value is -3.49. The molecule has 2 aromatic carbocycles. The number of nitrogens with zero attached hydrogens (tertiary/aromatic N) is 2. The molecule has 190 valence electrons. The van der Waals surface area contributed by atoms with Gasteiger partial charge in [0, 0.05) is 35.3 Å². The summed E-state index contributed by atoms with van der Waals surface area (Å²) in [4.78, 5) is 32.0. The van der Waals surface area contributed by atoms with Crippen LogP contribution in [0.3, 0.4) is 0 Å². The van der Waals surface area contributed by atoms with Crippen molar-refractivity contribution >= 4 is 22.7 Å². The predicted molar refractivity (Wildman–Crippen MR) is 138 cm³/mol. The number of aryl methyl sites for hydroxylation is 1. The Balaban J connectivity index is 1.41. The molecule has 1 saturated heterocycles. The van der Waals surface area contributed by atoms with E-state index in [1.165, 1.54) is 0 Å². The number of aromatic nitrogens is 1. The molecule has 0 bridgehead atoms. The van der Waals surface area contributed by atoms with E-state index >= 15 is 0 Å². The van der Waals surface area contributed by atoms with Crippen molar-refractivity contribution in [3.63, 3.8) is 0 Å². The fourth-order valence-corrected chi connectivity index (χ4v) is 4.87. The molecule has 2 heterocycles. The number of hydroxylamine groups is 1. The maximum atomic E-state index is 13.0. The Morgan fingerprint density at radius 3 is 2.64 bits per heavy atom. The summed E-state index contributed by atoms with van der Waals surface area (Å²) in [5.74, 6) is -0.0743. The zero-order valence-corrected chi connectivity index (χ0v) is 21.0. The number of benzene rings is 2. The van der Waals surface area contributed by atoms with Crippen molar-refractivity contribution < 1.29 is 19.5 Å². The molecule has 1 aliphatic heterocycles. The molecule has 1 aromatic heterocycles. The van der Waals surface area contributed by atoms with Crippen molar-refractivity contribution in [1.82, 2.24) is 20.7 Å². The lowest BCUT2D eigenvalue weighted by Crippen LogP contribution is -2.56. The number of carbonyl (C=O) groups is 2. The number of carbonyl (C=O) groups excluding carboxylic acids is 2. The average Bonchev–Trinajstić information content (AvgIpc) is 2.86. The highest BCUT2D eigenvalue weighted by Crippen LogP contribution is 2.22. The molecule has 2 amide bonds. The molecule has 3 N–H and O–H groups in total. The third-order valence-corrected chi connectivity index (χ3v) is 6.52. The van der Waals surface area contributed by atoms with Gasteiger partial charge in [0.05, 0.1) is 17.5 Å². The molecule has 1 aliphatic rings. The Morgan fingerprint density at radius 2 is 1.92 bits per heavy atom. The molecule has 0 saturated carbocycles. The van der Waals surface area contributed by atoms with Gasteiger partial charge >= 0.3 is 0 Å². The zero-order valence-electron chi connectivity index (χ0n) is 21.0. The van der Waals surface area contributed by atoms with Crippen LogP contribution >= 0.6 is 0 Å². The summed E-state index contributed by atoms with van der Waals surface area (Å²) >= 11 is 0. The number of pyridine rings is 1. The van der Waals surface area contributed by atoms with Crippen molar-refractivity contribution in [1.29, 1.82) is 0 Å². The number of ether oxygens (including phenoxy) is 1. The van der Waals surface area contributed by atoms with E-state index in [0.29, 0.717) is 36.8 Å². The highest BCUT2D eigenvalue weighted by atomic mass is 16.5. The van der Waals surface area contributed by atoms with Gasteiger partial charge in [0.2, 0.25) is 5.91 Å². The molecular formula is C28H34N4O4. The molecule has 0 spiro atoms. The molecule has 0 unspecified atom stereocenters. The predicted octanol–water partition coefficient (Wildman–Crippen LogP) is 3.70. The summed E-state index contributed by atoms with van der Waals surface area (Å²) in [7, 11) is 0. The van der Waals surface area contributed by atoms with Crippen LogP contribution in [0.4, 0.5) is 0 Å². The number of rotatable bonds is 8. The number of piperidine rings is 1. The molecule has 4 rings (SSSR count). The molecule has 8 nitrogen and oxygen atoms in total. The minimum absolute atomic E-state index is 0.260. The number of hydrogen-bond donors (Lipinski definition) is 3. The van der Waals surface area contributed by atoms with Crippen LogP contribution in [0.1, 0.15) is 41.9 Å². The van der Waals surface area contributed by atoms with Crippen LogP contribution in [0.15, 0.2) is 54.6 Å². The van der Waals surface area contributed by atoms with E-state index in [-0.39, 0.29) is 5.91 Å². The number of fused-ring (bicyclic) bond motifs is 1. The highest BCUT2D eigenvalue weighted by molar-refractivity contribution is 5.95. The third kappa shape index (κ3) is 6.19. The van der Waals surface area contributed by atoms with E-state index in [4.69, 9.17) is 9.94 Å². The Kier molecular flexibility index (Phi) is 8.18. The van der Waals surface area contributed by atoms with E-state index in [1.807, 2.05) is 37.3 Å². The normalized spacial score (nSPS) is 18.2. The lowest BCUT2D eigenvalue weighted by Gasteiger charge is -2.38. The van der Waals surface area contributed by atoms with Crippen LogP contribution < -0.4 is 15.5 Å². The number of likely N-dealkylation sites (tertiary alicyclic amines) is 1. The molecule has 0 radical (unpaired) electrons. The standard InChI is InChI=1S/C28H34N4O4/c1-18(2)15-32-13-12-24(28(34)31-35)26(16-32)30-27(33)20-8-10-22(11-9-20)36-17-21-14-19(3)29-25-7-5-4-6-23(21)25/h4-11,14,18,24,26,35H,12-13,15-17H2,1-3H3,(H,30,33)(H,31,34)/t24-,26+/m0/s1. The molecular weight excluding hydrogens is 456 g/mol. The SMILES string of the molecule is Cc1cc(COc2ccc(C(=O)N[C@@H]3CN(CC(C)C)CC[C@@H]3C(=O)NO)cc2)c2ccccc2n1. The van der Waals surface area contributed by atoms with E-state index < -0.39 is 17.9 Å². The van der Waals surface area contributed by atoms with Crippen LogP contribution in [0, 0.1) is 18.8 Å². The smallest absolute Gasteiger partial charge is 0.251 e. The van der Waals surface area contributed by atoms with Gasteiger partial charge in [-0.3, -0.25) is 19.8 Å². The quantitative estimate of drug-likeness (QED) is 0.329. The molecule has 36 heavy (non-hydrogen) atoms. The number of para-hydroxylation sites is 1. The summed E-state index contributed by atoms with van der Waals surface area (Å²) in [6.45, 7) is 8.83. The van der Waals surface area contributed by atoms with Gasteiger partial charge in [0.25, 0.3) is 5.91 Å². The monoisotopic (exact) mass is 490 g/mol. The lowest BCUT2D eigenvalue weighted by molar-refractivity contribution is -0.135. The maximum absolute atomic E-state index is 13.0. The van der Waals surface area contributed by atoms with Crippen LogP contribution in [-0.2, 0) is 11.4 Å². The van der Waals surface area contributed by atoms with Gasteiger partial charge in [0.15, 0.2) is 0 Å². The zero-order chi connectivity index (χ0) is 25.7. The van der Waals surface area contributed by atoms with Gasteiger partial charge in [0.1, 0.15) is 12.4 Å². The van der Waals surface area contributed by atoms with E-state index in [2.05, 4.69) is 29.0 Å². The number of hydrogen-bond acceptors (Lipinski definition) is 6. The largest absolute Gasteiger partial charge is 0.489 e. The highest BCUT2D eigenvalue weighted by Gasteiger charge is 2.35.